The van der Waals surface area contributed by atoms with Crippen molar-refractivity contribution < 1.29 is 4.74 Å². The van der Waals surface area contributed by atoms with E-state index in [0.717, 1.165) is 38.6 Å². The summed E-state index contributed by atoms with van der Waals surface area (Å²) in [6.07, 6.45) is 7.78. The Morgan fingerprint density at radius 1 is 1.11 bits per heavy atom. The van der Waals surface area contributed by atoms with Gasteiger partial charge in [-0.1, -0.05) is 12.8 Å². The lowest BCUT2D eigenvalue weighted by atomic mass is 9.94. The maximum Gasteiger partial charge on any atom is 0.0468 e. The fourth-order valence-corrected chi connectivity index (χ4v) is 2.71. The summed E-state index contributed by atoms with van der Waals surface area (Å²) in [5.74, 6) is 0.926. The van der Waals surface area contributed by atoms with Crippen LogP contribution in [0.5, 0.6) is 0 Å². The average molecular weight is 256 g/mol. The van der Waals surface area contributed by atoms with Crippen LogP contribution in [0.15, 0.2) is 0 Å². The molecule has 1 fully saturated rings. The van der Waals surface area contributed by atoms with Crippen LogP contribution in [0.4, 0.5) is 0 Å². The van der Waals surface area contributed by atoms with Gasteiger partial charge in [0, 0.05) is 19.3 Å². The van der Waals surface area contributed by atoms with Gasteiger partial charge in [0.05, 0.1) is 0 Å². The first-order valence-electron chi connectivity index (χ1n) is 7.76. The summed E-state index contributed by atoms with van der Waals surface area (Å²) < 4.78 is 5.40. The lowest BCUT2D eigenvalue weighted by Crippen LogP contribution is -2.33. The van der Waals surface area contributed by atoms with Crippen LogP contribution < -0.4 is 5.73 Å². The monoisotopic (exact) mass is 256 g/mol. The smallest absolute Gasteiger partial charge is 0.0468 e. The minimum atomic E-state index is 0.652. The van der Waals surface area contributed by atoms with E-state index in [1.165, 1.54) is 38.6 Å². The molecule has 3 heteroatoms. The topological polar surface area (TPSA) is 38.5 Å². The Labute approximate surface area is 113 Å². The summed E-state index contributed by atoms with van der Waals surface area (Å²) in [6, 6.07) is 0.652. The Kier molecular flexibility index (Phi) is 8.64. The lowest BCUT2D eigenvalue weighted by molar-refractivity contribution is 0.0627. The van der Waals surface area contributed by atoms with Gasteiger partial charge >= 0.3 is 0 Å². The molecule has 1 aliphatic rings. The molecule has 108 valence electrons. The third-order valence-electron chi connectivity index (χ3n) is 4.03. The van der Waals surface area contributed by atoms with Crippen molar-refractivity contribution >= 4 is 0 Å². The van der Waals surface area contributed by atoms with Crippen LogP contribution in [-0.2, 0) is 4.74 Å². The highest BCUT2D eigenvalue weighted by Gasteiger charge is 2.13. The van der Waals surface area contributed by atoms with Crippen molar-refractivity contribution in [3.05, 3.63) is 0 Å². The maximum atomic E-state index is 5.59. The number of ether oxygens (including phenoxy) is 1. The SMILES string of the molecule is CC(C)N(CCCN)CCCCC1CCOCC1. The van der Waals surface area contributed by atoms with Crippen molar-refractivity contribution in [2.75, 3.05) is 32.8 Å². The molecule has 0 atom stereocenters. The van der Waals surface area contributed by atoms with Gasteiger partial charge in [-0.2, -0.15) is 0 Å². The van der Waals surface area contributed by atoms with Gasteiger partial charge in [-0.3, -0.25) is 0 Å². The predicted molar refractivity (Wildman–Crippen MR) is 77.8 cm³/mol. The number of hydrogen-bond acceptors (Lipinski definition) is 3. The second-order valence-electron chi connectivity index (χ2n) is 5.82. The molecule has 2 N–H and O–H groups in total. The summed E-state index contributed by atoms with van der Waals surface area (Å²) in [4.78, 5) is 2.57. The van der Waals surface area contributed by atoms with E-state index >= 15 is 0 Å². The van der Waals surface area contributed by atoms with E-state index in [2.05, 4.69) is 18.7 Å². The van der Waals surface area contributed by atoms with Gasteiger partial charge in [0.25, 0.3) is 0 Å². The molecule has 3 nitrogen and oxygen atoms in total. The zero-order valence-electron chi connectivity index (χ0n) is 12.4. The summed E-state index contributed by atoms with van der Waals surface area (Å²) in [5.41, 5.74) is 5.59. The standard InChI is InChI=1S/C15H32N2O/c1-14(2)17(11-5-9-16)10-4-3-6-15-7-12-18-13-8-15/h14-15H,3-13,16H2,1-2H3. The quantitative estimate of drug-likeness (QED) is 0.645. The molecule has 18 heavy (non-hydrogen) atoms. The van der Waals surface area contributed by atoms with Crippen LogP contribution >= 0.6 is 0 Å². The Bertz CT molecular complexity index is 191. The summed E-state index contributed by atoms with van der Waals surface area (Å²) in [5, 5.41) is 0. The van der Waals surface area contributed by atoms with Crippen molar-refractivity contribution in [1.29, 1.82) is 0 Å². The first kappa shape index (κ1) is 15.9. The van der Waals surface area contributed by atoms with E-state index < -0.39 is 0 Å². The molecule has 0 aromatic rings. The molecule has 1 aliphatic heterocycles. The molecule has 0 saturated carbocycles. The fourth-order valence-electron chi connectivity index (χ4n) is 2.71. The minimum Gasteiger partial charge on any atom is -0.381 e. The van der Waals surface area contributed by atoms with E-state index in [9.17, 15) is 0 Å². The molecule has 1 rings (SSSR count). The van der Waals surface area contributed by atoms with Crippen molar-refractivity contribution in [2.45, 2.75) is 58.4 Å². The Hall–Kier alpha value is -0.120. The van der Waals surface area contributed by atoms with E-state index in [-0.39, 0.29) is 0 Å². The van der Waals surface area contributed by atoms with Crippen LogP contribution in [0.1, 0.15) is 52.4 Å². The predicted octanol–water partition coefficient (Wildman–Crippen LogP) is 2.64. The normalized spacial score (nSPS) is 17.8. The van der Waals surface area contributed by atoms with Gasteiger partial charge in [-0.25, -0.2) is 0 Å². The molecule has 0 aromatic carbocycles. The molecule has 0 aromatic heterocycles. The van der Waals surface area contributed by atoms with Gasteiger partial charge in [-0.05, 0) is 65.1 Å². The molecule has 0 unspecified atom stereocenters. The van der Waals surface area contributed by atoms with Crippen molar-refractivity contribution in [2.24, 2.45) is 11.7 Å². The Morgan fingerprint density at radius 2 is 1.78 bits per heavy atom. The van der Waals surface area contributed by atoms with Gasteiger partial charge in [0.2, 0.25) is 0 Å². The number of nitrogens with two attached hydrogens (primary N) is 1. The first-order chi connectivity index (χ1) is 8.74. The summed E-state index contributed by atoms with van der Waals surface area (Å²) >= 11 is 0. The number of hydrogen-bond donors (Lipinski definition) is 1. The molecular formula is C15H32N2O. The van der Waals surface area contributed by atoms with E-state index in [1.807, 2.05) is 0 Å². The van der Waals surface area contributed by atoms with Gasteiger partial charge in [-0.15, -0.1) is 0 Å². The van der Waals surface area contributed by atoms with E-state index in [4.69, 9.17) is 10.5 Å². The fraction of sp³-hybridized carbons (Fsp3) is 1.00. The lowest BCUT2D eigenvalue weighted by Gasteiger charge is -2.27. The summed E-state index contributed by atoms with van der Waals surface area (Å²) in [7, 11) is 0. The zero-order valence-corrected chi connectivity index (χ0v) is 12.4. The van der Waals surface area contributed by atoms with Crippen molar-refractivity contribution in [3.63, 3.8) is 0 Å². The van der Waals surface area contributed by atoms with Gasteiger partial charge in [0.15, 0.2) is 0 Å². The molecular weight excluding hydrogens is 224 g/mol. The number of unbranched alkanes of at least 4 members (excludes halogenated alkanes) is 1. The van der Waals surface area contributed by atoms with Gasteiger partial charge < -0.3 is 15.4 Å². The Morgan fingerprint density at radius 3 is 2.39 bits per heavy atom. The van der Waals surface area contributed by atoms with E-state index in [1.54, 1.807) is 0 Å². The molecule has 1 saturated heterocycles. The Balaban J connectivity index is 2.06. The second kappa shape index (κ2) is 9.76. The third kappa shape index (κ3) is 6.72. The largest absolute Gasteiger partial charge is 0.381 e. The molecule has 0 bridgehead atoms. The van der Waals surface area contributed by atoms with Crippen molar-refractivity contribution in [1.82, 2.24) is 4.90 Å². The highest BCUT2D eigenvalue weighted by Crippen LogP contribution is 2.20. The number of nitrogens with zero attached hydrogens (tertiary/aromatic N) is 1. The average Bonchev–Trinajstić information content (AvgIpc) is 2.38. The van der Waals surface area contributed by atoms with Crippen LogP contribution in [0.3, 0.4) is 0 Å². The molecule has 0 spiro atoms. The third-order valence-corrected chi connectivity index (χ3v) is 4.03. The molecule has 0 amide bonds. The number of rotatable bonds is 9. The van der Waals surface area contributed by atoms with Crippen LogP contribution in [0, 0.1) is 5.92 Å². The van der Waals surface area contributed by atoms with Gasteiger partial charge in [0.1, 0.15) is 0 Å². The highest BCUT2D eigenvalue weighted by molar-refractivity contribution is 4.66. The van der Waals surface area contributed by atoms with Crippen molar-refractivity contribution in [3.8, 4) is 0 Å². The molecule has 1 heterocycles. The highest BCUT2D eigenvalue weighted by atomic mass is 16.5. The summed E-state index contributed by atoms with van der Waals surface area (Å²) in [6.45, 7) is 9.75. The van der Waals surface area contributed by atoms with E-state index in [0.29, 0.717) is 6.04 Å². The maximum absolute atomic E-state index is 5.59. The molecule has 0 aliphatic carbocycles. The minimum absolute atomic E-state index is 0.652. The first-order valence-corrected chi connectivity index (χ1v) is 7.76. The van der Waals surface area contributed by atoms with Crippen LogP contribution in [0.25, 0.3) is 0 Å². The second-order valence-corrected chi connectivity index (χ2v) is 5.82. The van der Waals surface area contributed by atoms with Crippen LogP contribution in [0.2, 0.25) is 0 Å². The molecule has 0 radical (unpaired) electrons. The van der Waals surface area contributed by atoms with Crippen LogP contribution in [-0.4, -0.2) is 43.8 Å². The zero-order chi connectivity index (χ0) is 13.2.